The van der Waals surface area contributed by atoms with Gasteiger partial charge in [0.25, 0.3) is 0 Å². The van der Waals surface area contributed by atoms with Crippen LogP contribution in [0.25, 0.3) is 0 Å². The van der Waals surface area contributed by atoms with Gasteiger partial charge < -0.3 is 24.6 Å². The second kappa shape index (κ2) is 10.0. The molecule has 1 unspecified atom stereocenters. The van der Waals surface area contributed by atoms with E-state index in [2.05, 4.69) is 44.5 Å². The summed E-state index contributed by atoms with van der Waals surface area (Å²) in [5.74, 6) is 1.41. The van der Waals surface area contributed by atoms with E-state index < -0.39 is 6.10 Å². The summed E-state index contributed by atoms with van der Waals surface area (Å²) in [4.78, 5) is 9.24. The average Bonchev–Trinajstić information content (AvgIpc) is 3.32. The predicted molar refractivity (Wildman–Crippen MR) is 113 cm³/mol. The molecule has 3 rings (SSSR count). The molecule has 8 heteroatoms. The van der Waals surface area contributed by atoms with Crippen molar-refractivity contribution < 1.29 is 9.52 Å². The summed E-state index contributed by atoms with van der Waals surface area (Å²) in [6.45, 7) is 6.95. The molecular formula is C17H25IN4O2S. The van der Waals surface area contributed by atoms with Crippen molar-refractivity contribution in [3.05, 3.63) is 41.7 Å². The fourth-order valence-corrected chi connectivity index (χ4v) is 3.54. The molecule has 2 aromatic heterocycles. The second-order valence-electron chi connectivity index (χ2n) is 5.65. The van der Waals surface area contributed by atoms with Crippen LogP contribution < -0.4 is 10.2 Å². The van der Waals surface area contributed by atoms with E-state index in [1.807, 2.05) is 0 Å². The van der Waals surface area contributed by atoms with Crippen LogP contribution in [0.4, 0.5) is 5.00 Å². The molecule has 0 aliphatic carbocycles. The molecule has 2 aromatic rings. The van der Waals surface area contributed by atoms with Crippen LogP contribution in [0.3, 0.4) is 0 Å². The first-order chi connectivity index (χ1) is 11.8. The van der Waals surface area contributed by atoms with Gasteiger partial charge in [0.2, 0.25) is 0 Å². The number of halogens is 1. The molecule has 1 fully saturated rings. The van der Waals surface area contributed by atoms with E-state index in [4.69, 9.17) is 4.42 Å². The number of thiophene rings is 1. The van der Waals surface area contributed by atoms with Crippen molar-refractivity contribution in [3.8, 4) is 0 Å². The minimum absolute atomic E-state index is 0. The Kier molecular flexibility index (Phi) is 8.04. The van der Waals surface area contributed by atoms with Gasteiger partial charge >= 0.3 is 0 Å². The Morgan fingerprint density at radius 1 is 1.32 bits per heavy atom. The van der Waals surface area contributed by atoms with E-state index in [1.165, 1.54) is 5.00 Å². The zero-order chi connectivity index (χ0) is 16.8. The first-order valence-electron chi connectivity index (χ1n) is 8.31. The number of piperazine rings is 1. The Balaban J connectivity index is 0.00000225. The molecule has 138 valence electrons. The third kappa shape index (κ3) is 5.35. The number of aliphatic hydroxyl groups excluding tert-OH is 1. The normalized spacial score (nSPS) is 16.5. The van der Waals surface area contributed by atoms with Gasteiger partial charge in [-0.3, -0.25) is 0 Å². The van der Waals surface area contributed by atoms with Gasteiger partial charge in [-0.05, 0) is 36.6 Å². The SMILES string of the molecule is CCNC(=NCC(O)c1ccco1)N1CCN(c2cccs2)CC1.I. The van der Waals surface area contributed by atoms with Crippen molar-refractivity contribution in [2.24, 2.45) is 4.99 Å². The third-order valence-corrected chi connectivity index (χ3v) is 4.95. The van der Waals surface area contributed by atoms with Gasteiger partial charge in [0.05, 0.1) is 17.8 Å². The molecule has 0 spiro atoms. The molecule has 0 saturated carbocycles. The Morgan fingerprint density at radius 3 is 2.72 bits per heavy atom. The van der Waals surface area contributed by atoms with Crippen LogP contribution >= 0.6 is 35.3 Å². The Bertz CT molecular complexity index is 625. The van der Waals surface area contributed by atoms with Crippen LogP contribution in [0.1, 0.15) is 18.8 Å². The molecule has 0 bridgehead atoms. The lowest BCUT2D eigenvalue weighted by Gasteiger charge is -2.37. The summed E-state index contributed by atoms with van der Waals surface area (Å²) in [5.41, 5.74) is 0. The predicted octanol–water partition coefficient (Wildman–Crippen LogP) is 2.78. The maximum Gasteiger partial charge on any atom is 0.194 e. The van der Waals surface area contributed by atoms with Crippen LogP contribution in [0.2, 0.25) is 0 Å². The molecule has 1 atom stereocenters. The molecule has 25 heavy (non-hydrogen) atoms. The number of hydrogen-bond acceptors (Lipinski definition) is 5. The highest BCUT2D eigenvalue weighted by Crippen LogP contribution is 2.22. The molecule has 1 saturated heterocycles. The fourth-order valence-electron chi connectivity index (χ4n) is 2.76. The van der Waals surface area contributed by atoms with Gasteiger partial charge in [-0.1, -0.05) is 0 Å². The monoisotopic (exact) mass is 476 g/mol. The first-order valence-corrected chi connectivity index (χ1v) is 9.19. The number of nitrogens with zero attached hydrogens (tertiary/aromatic N) is 3. The molecule has 6 nitrogen and oxygen atoms in total. The minimum atomic E-state index is -0.707. The van der Waals surface area contributed by atoms with Crippen molar-refractivity contribution in [2.45, 2.75) is 13.0 Å². The van der Waals surface area contributed by atoms with Gasteiger partial charge in [0.15, 0.2) is 5.96 Å². The van der Waals surface area contributed by atoms with E-state index in [-0.39, 0.29) is 24.0 Å². The van der Waals surface area contributed by atoms with Gasteiger partial charge in [0.1, 0.15) is 11.9 Å². The van der Waals surface area contributed by atoms with Crippen molar-refractivity contribution >= 4 is 46.3 Å². The fraction of sp³-hybridized carbons (Fsp3) is 0.471. The third-order valence-electron chi connectivity index (χ3n) is 4.02. The maximum atomic E-state index is 10.1. The number of aliphatic hydroxyl groups is 1. The number of hydrogen-bond donors (Lipinski definition) is 2. The van der Waals surface area contributed by atoms with Gasteiger partial charge in [-0.15, -0.1) is 35.3 Å². The summed E-state index contributed by atoms with van der Waals surface area (Å²) in [7, 11) is 0. The molecule has 1 aliphatic rings. The summed E-state index contributed by atoms with van der Waals surface area (Å²) in [5, 5.41) is 16.9. The number of rotatable bonds is 5. The molecule has 0 aromatic carbocycles. The lowest BCUT2D eigenvalue weighted by Crippen LogP contribution is -2.52. The second-order valence-corrected chi connectivity index (χ2v) is 6.58. The largest absolute Gasteiger partial charge is 0.467 e. The summed E-state index contributed by atoms with van der Waals surface area (Å²) >= 11 is 1.78. The van der Waals surface area contributed by atoms with Crippen molar-refractivity contribution in [1.82, 2.24) is 10.2 Å². The maximum absolute atomic E-state index is 10.1. The quantitative estimate of drug-likeness (QED) is 0.395. The van der Waals surface area contributed by atoms with E-state index in [0.29, 0.717) is 12.3 Å². The van der Waals surface area contributed by atoms with Gasteiger partial charge in [0, 0.05) is 32.7 Å². The lowest BCUT2D eigenvalue weighted by atomic mass is 10.3. The molecular weight excluding hydrogens is 451 g/mol. The Morgan fingerprint density at radius 2 is 2.12 bits per heavy atom. The minimum Gasteiger partial charge on any atom is -0.467 e. The van der Waals surface area contributed by atoms with Crippen molar-refractivity contribution in [3.63, 3.8) is 0 Å². The number of anilines is 1. The number of furan rings is 1. The van der Waals surface area contributed by atoms with Crippen molar-refractivity contribution in [1.29, 1.82) is 0 Å². The summed E-state index contributed by atoms with van der Waals surface area (Å²) in [6, 6.07) is 7.80. The zero-order valence-electron chi connectivity index (χ0n) is 14.3. The standard InChI is InChI=1S/C17H24N4O2S.HI/c1-2-18-17(19-13-14(22)15-5-3-11-23-15)21-9-7-20(8-10-21)16-6-4-12-24-16;/h3-6,11-12,14,22H,2,7-10,13H2,1H3,(H,18,19);1H. The van der Waals surface area contributed by atoms with Gasteiger partial charge in [-0.2, -0.15) is 0 Å². The van der Waals surface area contributed by atoms with Crippen LogP contribution in [-0.4, -0.2) is 55.2 Å². The van der Waals surface area contributed by atoms with Crippen LogP contribution in [0.5, 0.6) is 0 Å². The summed E-state index contributed by atoms with van der Waals surface area (Å²) < 4.78 is 5.23. The van der Waals surface area contributed by atoms with E-state index in [9.17, 15) is 5.11 Å². The zero-order valence-corrected chi connectivity index (χ0v) is 17.4. The van der Waals surface area contributed by atoms with Gasteiger partial charge in [-0.25, -0.2) is 4.99 Å². The number of guanidine groups is 1. The smallest absolute Gasteiger partial charge is 0.194 e. The number of aliphatic imine (C=N–C) groups is 1. The summed E-state index contributed by atoms with van der Waals surface area (Å²) in [6.07, 6.45) is 0.859. The lowest BCUT2D eigenvalue weighted by molar-refractivity contribution is 0.158. The molecule has 2 N–H and O–H groups in total. The molecule has 0 radical (unpaired) electrons. The highest BCUT2D eigenvalue weighted by Gasteiger charge is 2.20. The first kappa shape index (κ1) is 20.1. The van der Waals surface area contributed by atoms with E-state index in [1.54, 1.807) is 29.7 Å². The molecule has 0 amide bonds. The average molecular weight is 476 g/mol. The topological polar surface area (TPSA) is 64.2 Å². The Labute approximate surface area is 169 Å². The van der Waals surface area contributed by atoms with Crippen LogP contribution in [0, 0.1) is 0 Å². The molecule has 3 heterocycles. The highest BCUT2D eigenvalue weighted by atomic mass is 127. The number of nitrogens with one attached hydrogen (secondary N) is 1. The molecule has 1 aliphatic heterocycles. The van der Waals surface area contributed by atoms with Crippen LogP contribution in [-0.2, 0) is 0 Å². The Hall–Kier alpha value is -1.26. The highest BCUT2D eigenvalue weighted by molar-refractivity contribution is 14.0. The van der Waals surface area contributed by atoms with E-state index in [0.717, 1.165) is 38.7 Å². The van der Waals surface area contributed by atoms with Crippen LogP contribution in [0.15, 0.2) is 45.3 Å². The van der Waals surface area contributed by atoms with E-state index >= 15 is 0 Å². The van der Waals surface area contributed by atoms with Crippen molar-refractivity contribution in [2.75, 3.05) is 44.2 Å².